The zero-order valence-corrected chi connectivity index (χ0v) is 10.5. The van der Waals surface area contributed by atoms with E-state index < -0.39 is 0 Å². The summed E-state index contributed by atoms with van der Waals surface area (Å²) in [6.07, 6.45) is 3.05. The van der Waals surface area contributed by atoms with Crippen molar-refractivity contribution < 1.29 is 9.53 Å². The molecule has 0 fully saturated rings. The van der Waals surface area contributed by atoms with Crippen molar-refractivity contribution in [1.29, 1.82) is 0 Å². The lowest BCUT2D eigenvalue weighted by Crippen LogP contribution is -2.24. The number of anilines is 1. The molecule has 0 atom stereocenters. The van der Waals surface area contributed by atoms with Crippen LogP contribution in [0.25, 0.3) is 0 Å². The zero-order valence-electron chi connectivity index (χ0n) is 10.5. The van der Waals surface area contributed by atoms with Crippen LogP contribution in [0.4, 0.5) is 5.69 Å². The van der Waals surface area contributed by atoms with E-state index in [9.17, 15) is 4.79 Å². The molecule has 6 heteroatoms. The highest BCUT2D eigenvalue weighted by Gasteiger charge is 2.13. The van der Waals surface area contributed by atoms with Crippen LogP contribution in [0.2, 0.25) is 0 Å². The molecular formula is C13H14N4O2. The van der Waals surface area contributed by atoms with Gasteiger partial charge in [0.2, 0.25) is 0 Å². The molecule has 0 radical (unpaired) electrons. The summed E-state index contributed by atoms with van der Waals surface area (Å²) in [5, 5.41) is 2.75. The van der Waals surface area contributed by atoms with Gasteiger partial charge < -0.3 is 15.8 Å². The first-order chi connectivity index (χ1) is 9.22. The fourth-order valence-corrected chi connectivity index (χ4v) is 1.65. The Kier molecular flexibility index (Phi) is 3.92. The molecule has 0 saturated heterocycles. The van der Waals surface area contributed by atoms with Crippen molar-refractivity contribution in [1.82, 2.24) is 15.3 Å². The summed E-state index contributed by atoms with van der Waals surface area (Å²) in [6.45, 7) is 0.319. The van der Waals surface area contributed by atoms with Crippen molar-refractivity contribution in [3.63, 3.8) is 0 Å². The monoisotopic (exact) mass is 258 g/mol. The number of methoxy groups -OCH3 is 1. The Morgan fingerprint density at radius 2 is 2.26 bits per heavy atom. The van der Waals surface area contributed by atoms with E-state index in [4.69, 9.17) is 10.5 Å². The highest BCUT2D eigenvalue weighted by Crippen LogP contribution is 2.25. The normalized spacial score (nSPS) is 9.95. The molecule has 1 amide bonds. The molecule has 1 aromatic heterocycles. The number of nitrogens with two attached hydrogens (primary N) is 1. The Morgan fingerprint density at radius 1 is 1.42 bits per heavy atom. The van der Waals surface area contributed by atoms with Gasteiger partial charge in [0.05, 0.1) is 30.6 Å². The van der Waals surface area contributed by atoms with E-state index in [2.05, 4.69) is 15.3 Å². The van der Waals surface area contributed by atoms with E-state index in [1.165, 1.54) is 13.4 Å². The summed E-state index contributed by atoms with van der Waals surface area (Å²) in [4.78, 5) is 19.9. The zero-order chi connectivity index (χ0) is 13.7. The number of ether oxygens (including phenoxy) is 1. The standard InChI is InChI=1S/C13H14N4O2/c1-19-12-10(3-2-4-11(12)14)13(18)16-7-9-5-6-15-8-17-9/h2-6,8H,7,14H2,1H3,(H,16,18). The van der Waals surface area contributed by atoms with Crippen molar-refractivity contribution >= 4 is 11.6 Å². The van der Waals surface area contributed by atoms with E-state index in [0.29, 0.717) is 23.5 Å². The van der Waals surface area contributed by atoms with E-state index in [1.807, 2.05) is 0 Å². The molecule has 2 rings (SSSR count). The smallest absolute Gasteiger partial charge is 0.255 e. The average Bonchev–Trinajstić information content (AvgIpc) is 2.45. The van der Waals surface area contributed by atoms with Crippen molar-refractivity contribution in [3.8, 4) is 5.75 Å². The number of benzene rings is 1. The van der Waals surface area contributed by atoms with E-state index in [1.54, 1.807) is 30.5 Å². The summed E-state index contributed by atoms with van der Waals surface area (Å²) in [5.74, 6) is 0.116. The van der Waals surface area contributed by atoms with Crippen LogP contribution >= 0.6 is 0 Å². The molecule has 6 nitrogen and oxygen atoms in total. The highest BCUT2D eigenvalue weighted by molar-refractivity contribution is 5.98. The Hall–Kier alpha value is -2.63. The minimum atomic E-state index is -0.261. The number of nitrogen functional groups attached to an aromatic ring is 1. The van der Waals surface area contributed by atoms with Crippen LogP contribution < -0.4 is 15.8 Å². The van der Waals surface area contributed by atoms with E-state index >= 15 is 0 Å². The number of carbonyl (C=O) groups excluding carboxylic acids is 1. The minimum absolute atomic E-state index is 0.261. The molecule has 3 N–H and O–H groups in total. The molecule has 2 aromatic rings. The third kappa shape index (κ3) is 2.98. The first kappa shape index (κ1) is 12.8. The van der Waals surface area contributed by atoms with Gasteiger partial charge in [-0.25, -0.2) is 9.97 Å². The Morgan fingerprint density at radius 3 is 2.95 bits per heavy atom. The predicted molar refractivity (Wildman–Crippen MR) is 70.6 cm³/mol. The molecule has 1 aromatic carbocycles. The van der Waals surface area contributed by atoms with Crippen molar-refractivity contribution in [3.05, 3.63) is 48.0 Å². The van der Waals surface area contributed by atoms with E-state index in [0.717, 1.165) is 5.69 Å². The Bertz CT molecular complexity index is 572. The number of nitrogens with zero attached hydrogens (tertiary/aromatic N) is 2. The van der Waals surface area contributed by atoms with Crippen LogP contribution in [0.1, 0.15) is 16.1 Å². The number of hydrogen-bond donors (Lipinski definition) is 2. The second-order valence-electron chi connectivity index (χ2n) is 3.81. The van der Waals surface area contributed by atoms with Crippen LogP contribution in [0, 0.1) is 0 Å². The van der Waals surface area contributed by atoms with Gasteiger partial charge in [0.1, 0.15) is 6.33 Å². The molecule has 0 saturated carbocycles. The number of carbonyl (C=O) groups is 1. The molecule has 0 aliphatic heterocycles. The SMILES string of the molecule is COc1c(N)cccc1C(=O)NCc1ccncn1. The fraction of sp³-hybridized carbons (Fsp3) is 0.154. The number of amides is 1. The molecule has 0 spiro atoms. The van der Waals surface area contributed by atoms with Gasteiger partial charge in [-0.15, -0.1) is 0 Å². The van der Waals surface area contributed by atoms with Crippen LogP contribution in [0.15, 0.2) is 36.8 Å². The Balaban J connectivity index is 2.10. The van der Waals surface area contributed by atoms with Gasteiger partial charge >= 0.3 is 0 Å². The minimum Gasteiger partial charge on any atom is -0.494 e. The van der Waals surface area contributed by atoms with Gasteiger partial charge in [0.25, 0.3) is 5.91 Å². The molecule has 19 heavy (non-hydrogen) atoms. The number of aromatic nitrogens is 2. The summed E-state index contributed by atoms with van der Waals surface area (Å²) >= 11 is 0. The maximum atomic E-state index is 12.1. The van der Waals surface area contributed by atoms with Gasteiger partial charge in [-0.05, 0) is 18.2 Å². The molecule has 0 unspecified atom stereocenters. The van der Waals surface area contributed by atoms with Gasteiger partial charge in [-0.1, -0.05) is 6.07 Å². The summed E-state index contributed by atoms with van der Waals surface area (Å²) < 4.78 is 5.14. The molecular weight excluding hydrogens is 244 g/mol. The maximum absolute atomic E-state index is 12.1. The van der Waals surface area contributed by atoms with Crippen LogP contribution in [-0.2, 0) is 6.54 Å². The lowest BCUT2D eigenvalue weighted by atomic mass is 10.1. The summed E-state index contributed by atoms with van der Waals surface area (Å²) in [6, 6.07) is 6.78. The van der Waals surface area contributed by atoms with E-state index in [-0.39, 0.29) is 5.91 Å². The first-order valence-corrected chi connectivity index (χ1v) is 5.68. The van der Waals surface area contributed by atoms with Crippen LogP contribution in [-0.4, -0.2) is 23.0 Å². The third-order valence-corrected chi connectivity index (χ3v) is 2.57. The maximum Gasteiger partial charge on any atom is 0.255 e. The molecule has 0 aliphatic rings. The third-order valence-electron chi connectivity index (χ3n) is 2.57. The second-order valence-corrected chi connectivity index (χ2v) is 3.81. The van der Waals surface area contributed by atoms with Gasteiger partial charge in [0.15, 0.2) is 5.75 Å². The van der Waals surface area contributed by atoms with Gasteiger partial charge in [-0.2, -0.15) is 0 Å². The predicted octanol–water partition coefficient (Wildman–Crippen LogP) is 0.997. The lowest BCUT2D eigenvalue weighted by Gasteiger charge is -2.10. The Labute approximate surface area is 110 Å². The largest absolute Gasteiger partial charge is 0.494 e. The van der Waals surface area contributed by atoms with Gasteiger partial charge in [-0.3, -0.25) is 4.79 Å². The molecule has 1 heterocycles. The summed E-state index contributed by atoms with van der Waals surface area (Å²) in [5.41, 5.74) is 7.31. The quantitative estimate of drug-likeness (QED) is 0.798. The topological polar surface area (TPSA) is 90.1 Å². The summed E-state index contributed by atoms with van der Waals surface area (Å²) in [7, 11) is 1.48. The van der Waals surface area contributed by atoms with Crippen LogP contribution in [0.3, 0.4) is 0 Å². The van der Waals surface area contributed by atoms with Crippen molar-refractivity contribution in [2.75, 3.05) is 12.8 Å². The van der Waals surface area contributed by atoms with Gasteiger partial charge in [0, 0.05) is 6.20 Å². The number of nitrogens with one attached hydrogen (secondary N) is 1. The second kappa shape index (κ2) is 5.81. The molecule has 0 aliphatic carbocycles. The van der Waals surface area contributed by atoms with Crippen molar-refractivity contribution in [2.24, 2.45) is 0 Å². The average molecular weight is 258 g/mol. The highest BCUT2D eigenvalue weighted by atomic mass is 16.5. The first-order valence-electron chi connectivity index (χ1n) is 5.68. The molecule has 98 valence electrons. The number of rotatable bonds is 4. The van der Waals surface area contributed by atoms with Crippen molar-refractivity contribution in [2.45, 2.75) is 6.54 Å². The number of para-hydroxylation sites is 1. The van der Waals surface area contributed by atoms with Crippen LogP contribution in [0.5, 0.6) is 5.75 Å². The number of hydrogen-bond acceptors (Lipinski definition) is 5. The molecule has 0 bridgehead atoms. The lowest BCUT2D eigenvalue weighted by molar-refractivity contribution is 0.0947. The fourth-order valence-electron chi connectivity index (χ4n) is 1.65.